The van der Waals surface area contributed by atoms with Gasteiger partial charge >= 0.3 is 12.1 Å². The molecule has 1 aliphatic carbocycles. The number of carbonyl (C=O) groups excluding carboxylic acids is 4. The van der Waals surface area contributed by atoms with Gasteiger partial charge < -0.3 is 24.3 Å². The molecular formula is C29H37N5O8. The van der Waals surface area contributed by atoms with Crippen molar-refractivity contribution >= 4 is 34.8 Å². The molecule has 1 aliphatic heterocycles. The number of fused-ring (bicyclic) bond motifs is 1. The van der Waals surface area contributed by atoms with Crippen molar-refractivity contribution in [2.45, 2.75) is 56.9 Å². The van der Waals surface area contributed by atoms with E-state index in [-0.39, 0.29) is 24.6 Å². The normalized spacial score (nSPS) is 23.1. The fraction of sp³-hybridized carbons (Fsp3) is 0.483. The van der Waals surface area contributed by atoms with Crippen LogP contribution in [0.25, 0.3) is 10.9 Å². The summed E-state index contributed by atoms with van der Waals surface area (Å²) in [7, 11) is 4.16. The largest absolute Gasteiger partial charge is 0.497 e. The van der Waals surface area contributed by atoms with Crippen molar-refractivity contribution in [3.8, 4) is 11.5 Å². The molecule has 1 aromatic carbocycles. The zero-order valence-corrected chi connectivity index (χ0v) is 24.6. The van der Waals surface area contributed by atoms with E-state index in [0.717, 1.165) is 5.01 Å². The molecule has 2 fully saturated rings. The number of hydrogen-bond acceptors (Lipinski definition) is 10. The Kier molecular flexibility index (Phi) is 8.35. The highest BCUT2D eigenvalue weighted by Gasteiger charge is 2.62. The van der Waals surface area contributed by atoms with Gasteiger partial charge in [0.25, 0.3) is 5.91 Å². The molecule has 1 saturated carbocycles. The number of rotatable bonds is 8. The second-order valence-corrected chi connectivity index (χ2v) is 11.4. The standard InChI is InChI=1S/C29H37N5O8/c1-8-16-14-29(16,26(37)40-7)32-24(35)22-12-18(15-34(22)27(38)42-28(2,3)4)41-23-13-21(25(36)33(5)30)31-20-11-17(39-6)9-10-19(20)23/h8-11,13,16,18,22H,1,12,14-15,30H2,2-7H3,(H,32,35)/t16-,18+,22-,29?/m0/s1. The van der Waals surface area contributed by atoms with Crippen molar-refractivity contribution in [1.29, 1.82) is 0 Å². The van der Waals surface area contributed by atoms with Crippen LogP contribution in [0.2, 0.25) is 0 Å². The molecule has 3 amide bonds. The number of benzene rings is 1. The summed E-state index contributed by atoms with van der Waals surface area (Å²) in [6, 6.07) is 5.58. The van der Waals surface area contributed by atoms with Crippen molar-refractivity contribution in [3.05, 3.63) is 42.6 Å². The zero-order chi connectivity index (χ0) is 31.0. The maximum absolute atomic E-state index is 13.6. The third kappa shape index (κ3) is 6.10. The smallest absolute Gasteiger partial charge is 0.411 e. The number of hydrogen-bond donors (Lipinski definition) is 2. The summed E-state index contributed by atoms with van der Waals surface area (Å²) >= 11 is 0. The number of pyridine rings is 1. The minimum atomic E-state index is -1.24. The number of ether oxygens (including phenoxy) is 4. The Hall–Kier alpha value is -4.39. The topological polar surface area (TPSA) is 163 Å². The Bertz CT molecular complexity index is 1420. The van der Waals surface area contributed by atoms with Gasteiger partial charge in [0.1, 0.15) is 40.5 Å². The van der Waals surface area contributed by atoms with Crippen molar-refractivity contribution < 1.29 is 38.1 Å². The van der Waals surface area contributed by atoms with E-state index in [1.165, 1.54) is 32.2 Å². The van der Waals surface area contributed by atoms with Crippen LogP contribution in [0, 0.1) is 5.92 Å². The van der Waals surface area contributed by atoms with Crippen LogP contribution in [0.4, 0.5) is 4.79 Å². The lowest BCUT2D eigenvalue weighted by atomic mass is 10.1. The minimum absolute atomic E-state index is 0.00313. The van der Waals surface area contributed by atoms with Gasteiger partial charge in [-0.3, -0.25) is 19.5 Å². The van der Waals surface area contributed by atoms with E-state index in [1.54, 1.807) is 45.0 Å². The van der Waals surface area contributed by atoms with Crippen LogP contribution in [-0.2, 0) is 19.1 Å². The van der Waals surface area contributed by atoms with Crippen molar-refractivity contribution in [3.63, 3.8) is 0 Å². The van der Waals surface area contributed by atoms with Crippen LogP contribution in [0.1, 0.15) is 44.1 Å². The quantitative estimate of drug-likeness (QED) is 0.155. The first-order valence-corrected chi connectivity index (χ1v) is 13.4. The van der Waals surface area contributed by atoms with Crippen LogP contribution >= 0.6 is 0 Å². The Morgan fingerprint density at radius 1 is 1.21 bits per heavy atom. The van der Waals surface area contributed by atoms with Crippen molar-refractivity contribution in [2.75, 3.05) is 27.8 Å². The summed E-state index contributed by atoms with van der Waals surface area (Å²) in [5, 5.41) is 4.28. The van der Waals surface area contributed by atoms with Crippen molar-refractivity contribution in [2.24, 2.45) is 11.8 Å². The highest BCUT2D eigenvalue weighted by atomic mass is 16.6. The predicted octanol–water partition coefficient (Wildman–Crippen LogP) is 2.18. The second kappa shape index (κ2) is 11.5. The number of aromatic nitrogens is 1. The molecule has 3 N–H and O–H groups in total. The van der Waals surface area contributed by atoms with E-state index in [0.29, 0.717) is 28.8 Å². The van der Waals surface area contributed by atoms with Gasteiger partial charge in [0.05, 0.1) is 26.3 Å². The molecule has 13 nitrogen and oxygen atoms in total. The molecule has 1 unspecified atom stereocenters. The van der Waals surface area contributed by atoms with Gasteiger partial charge in [0.15, 0.2) is 0 Å². The summed E-state index contributed by atoms with van der Waals surface area (Å²) in [6.07, 6.45) is 0.628. The number of carbonyl (C=O) groups is 4. The van der Waals surface area contributed by atoms with Gasteiger partial charge in [-0.2, -0.15) is 0 Å². The Balaban J connectivity index is 1.66. The first-order chi connectivity index (χ1) is 19.7. The maximum atomic E-state index is 13.6. The van der Waals surface area contributed by atoms with E-state index >= 15 is 0 Å². The molecule has 0 radical (unpaired) electrons. The lowest BCUT2D eigenvalue weighted by Crippen LogP contribution is -2.53. The van der Waals surface area contributed by atoms with Crippen LogP contribution in [0.3, 0.4) is 0 Å². The van der Waals surface area contributed by atoms with E-state index in [2.05, 4.69) is 16.9 Å². The van der Waals surface area contributed by atoms with E-state index in [1.807, 2.05) is 0 Å². The summed E-state index contributed by atoms with van der Waals surface area (Å²) in [4.78, 5) is 57.8. The van der Waals surface area contributed by atoms with Crippen LogP contribution in [0.5, 0.6) is 11.5 Å². The van der Waals surface area contributed by atoms with Gasteiger partial charge in [0, 0.05) is 36.9 Å². The molecule has 226 valence electrons. The third-order valence-corrected chi connectivity index (χ3v) is 7.20. The Morgan fingerprint density at radius 3 is 2.50 bits per heavy atom. The summed E-state index contributed by atoms with van der Waals surface area (Å²) < 4.78 is 22.2. The molecular weight excluding hydrogens is 546 g/mol. The van der Waals surface area contributed by atoms with E-state index in [9.17, 15) is 19.2 Å². The fourth-order valence-corrected chi connectivity index (χ4v) is 5.01. The van der Waals surface area contributed by atoms with Gasteiger partial charge in [-0.1, -0.05) is 6.08 Å². The molecule has 1 saturated heterocycles. The lowest BCUT2D eigenvalue weighted by Gasteiger charge is -2.28. The number of esters is 1. The average Bonchev–Trinajstić information content (AvgIpc) is 3.48. The number of likely N-dealkylation sites (tertiary alicyclic amines) is 1. The molecule has 0 spiro atoms. The molecule has 2 aliphatic rings. The zero-order valence-electron chi connectivity index (χ0n) is 24.6. The van der Waals surface area contributed by atoms with E-state index in [4.69, 9.17) is 24.8 Å². The number of hydrazine groups is 1. The van der Waals surface area contributed by atoms with E-state index < -0.39 is 47.2 Å². The number of nitrogens with one attached hydrogen (secondary N) is 1. The Morgan fingerprint density at radius 2 is 1.93 bits per heavy atom. The average molecular weight is 584 g/mol. The van der Waals surface area contributed by atoms with Gasteiger partial charge in [-0.25, -0.2) is 20.4 Å². The number of nitrogens with two attached hydrogens (primary N) is 1. The van der Waals surface area contributed by atoms with Gasteiger partial charge in [-0.15, -0.1) is 6.58 Å². The molecule has 2 aromatic rings. The van der Waals surface area contributed by atoms with Gasteiger partial charge in [0.2, 0.25) is 5.91 Å². The number of amides is 3. The van der Waals surface area contributed by atoms with Crippen LogP contribution in [0.15, 0.2) is 36.9 Å². The number of nitrogens with zero attached hydrogens (tertiary/aromatic N) is 3. The van der Waals surface area contributed by atoms with Crippen LogP contribution < -0.4 is 20.6 Å². The SMILES string of the molecule is C=C[C@H]1CC1(NC(=O)[C@@H]1C[C@@H](Oc2cc(C(=O)N(C)N)nc3cc(OC)ccc23)CN1C(=O)OC(C)(C)C)C(=O)OC. The second-order valence-electron chi connectivity index (χ2n) is 11.4. The summed E-state index contributed by atoms with van der Waals surface area (Å²) in [6.45, 7) is 8.90. The molecule has 42 heavy (non-hydrogen) atoms. The fourth-order valence-electron chi connectivity index (χ4n) is 5.01. The molecule has 4 rings (SSSR count). The number of methoxy groups -OCH3 is 2. The monoisotopic (exact) mass is 583 g/mol. The summed E-state index contributed by atoms with van der Waals surface area (Å²) in [5.41, 5.74) is -1.59. The van der Waals surface area contributed by atoms with Gasteiger partial charge in [-0.05, 0) is 39.3 Å². The molecule has 0 bridgehead atoms. The van der Waals surface area contributed by atoms with Crippen molar-refractivity contribution in [1.82, 2.24) is 20.2 Å². The molecule has 1 aromatic heterocycles. The predicted molar refractivity (Wildman–Crippen MR) is 152 cm³/mol. The third-order valence-electron chi connectivity index (χ3n) is 7.20. The maximum Gasteiger partial charge on any atom is 0.411 e. The first kappa shape index (κ1) is 30.6. The minimum Gasteiger partial charge on any atom is -0.497 e. The highest BCUT2D eigenvalue weighted by molar-refractivity contribution is 5.97. The van der Waals surface area contributed by atoms with Crippen LogP contribution in [-0.4, -0.2) is 89.9 Å². The molecule has 2 heterocycles. The summed E-state index contributed by atoms with van der Waals surface area (Å²) in [5.74, 6) is 4.54. The Labute approximate surface area is 243 Å². The molecule has 13 heteroatoms. The lowest BCUT2D eigenvalue weighted by molar-refractivity contribution is -0.147. The first-order valence-electron chi connectivity index (χ1n) is 13.4. The highest BCUT2D eigenvalue weighted by Crippen LogP contribution is 2.45. The molecule has 4 atom stereocenters.